The molecule has 0 N–H and O–H groups in total. The largest absolute Gasteiger partial charge is 0.339 e. The van der Waals surface area contributed by atoms with Gasteiger partial charge < -0.3 is 9.42 Å². The van der Waals surface area contributed by atoms with Crippen LogP contribution in [0, 0.1) is 5.92 Å². The number of amides is 1. The number of thiazole rings is 1. The van der Waals surface area contributed by atoms with Crippen molar-refractivity contribution >= 4 is 17.2 Å². The molecule has 1 aliphatic rings. The molecular formula is C21H24N4O2S. The summed E-state index contributed by atoms with van der Waals surface area (Å²) < 4.78 is 5.49. The summed E-state index contributed by atoms with van der Waals surface area (Å²) in [6, 6.07) is 9.95. The lowest BCUT2D eigenvalue weighted by atomic mass is 9.97. The number of carbonyl (C=O) groups is 1. The van der Waals surface area contributed by atoms with Crippen molar-refractivity contribution in [2.75, 3.05) is 13.1 Å². The maximum Gasteiger partial charge on any atom is 0.273 e. The monoisotopic (exact) mass is 396 g/mol. The van der Waals surface area contributed by atoms with E-state index in [0.29, 0.717) is 24.0 Å². The fraction of sp³-hybridized carbons (Fsp3) is 0.429. The van der Waals surface area contributed by atoms with Crippen molar-refractivity contribution in [2.45, 2.75) is 39.0 Å². The first-order valence-electron chi connectivity index (χ1n) is 9.73. The molecule has 3 heterocycles. The zero-order valence-electron chi connectivity index (χ0n) is 16.2. The van der Waals surface area contributed by atoms with E-state index in [4.69, 9.17) is 4.52 Å². The quantitative estimate of drug-likeness (QED) is 0.639. The Hall–Kier alpha value is -2.54. The summed E-state index contributed by atoms with van der Waals surface area (Å²) in [5.41, 5.74) is 1.54. The Labute approximate surface area is 168 Å². The van der Waals surface area contributed by atoms with Crippen LogP contribution in [0.3, 0.4) is 0 Å². The van der Waals surface area contributed by atoms with E-state index in [9.17, 15) is 4.79 Å². The van der Waals surface area contributed by atoms with Crippen molar-refractivity contribution in [3.05, 3.63) is 53.1 Å². The molecule has 7 heteroatoms. The van der Waals surface area contributed by atoms with E-state index >= 15 is 0 Å². The Bertz CT molecular complexity index is 935. The highest BCUT2D eigenvalue weighted by atomic mass is 32.1. The Kier molecular flexibility index (Phi) is 5.52. The lowest BCUT2D eigenvalue weighted by Crippen LogP contribution is -2.39. The summed E-state index contributed by atoms with van der Waals surface area (Å²) in [6.45, 7) is 5.60. The minimum absolute atomic E-state index is 0.0231. The number of piperidine rings is 1. The highest BCUT2D eigenvalue weighted by Gasteiger charge is 2.30. The van der Waals surface area contributed by atoms with Crippen LogP contribution in [0.25, 0.3) is 10.6 Å². The second-order valence-corrected chi connectivity index (χ2v) is 8.50. The van der Waals surface area contributed by atoms with Crippen LogP contribution >= 0.6 is 11.3 Å². The first kappa shape index (κ1) is 18.8. The van der Waals surface area contributed by atoms with Crippen LogP contribution in [0.4, 0.5) is 0 Å². The van der Waals surface area contributed by atoms with E-state index in [1.54, 1.807) is 0 Å². The minimum Gasteiger partial charge on any atom is -0.339 e. The molecule has 28 heavy (non-hydrogen) atoms. The van der Waals surface area contributed by atoms with Crippen molar-refractivity contribution in [3.63, 3.8) is 0 Å². The van der Waals surface area contributed by atoms with Crippen LogP contribution in [-0.2, 0) is 6.42 Å². The minimum atomic E-state index is -0.0231. The fourth-order valence-electron chi connectivity index (χ4n) is 3.49. The van der Waals surface area contributed by atoms with E-state index in [0.717, 1.165) is 42.2 Å². The Morgan fingerprint density at radius 3 is 2.89 bits per heavy atom. The van der Waals surface area contributed by atoms with E-state index in [-0.39, 0.29) is 11.8 Å². The number of hydrogen-bond donors (Lipinski definition) is 0. The third kappa shape index (κ3) is 4.14. The average Bonchev–Trinajstić information content (AvgIpc) is 3.38. The van der Waals surface area contributed by atoms with Crippen LogP contribution in [0.15, 0.2) is 40.2 Å². The standard InChI is InChI=1S/C21H24N4O2S/c1-14(2)11-18-23-19(27-24-18)16-9-6-10-25(12-16)21(26)17-13-28-20(22-17)15-7-4-3-5-8-15/h3-5,7-8,13-14,16H,6,9-12H2,1-2H3. The van der Waals surface area contributed by atoms with Gasteiger partial charge in [-0.3, -0.25) is 4.79 Å². The highest BCUT2D eigenvalue weighted by Crippen LogP contribution is 2.28. The first-order valence-corrected chi connectivity index (χ1v) is 10.6. The molecule has 1 unspecified atom stereocenters. The second-order valence-electron chi connectivity index (χ2n) is 7.64. The van der Waals surface area contributed by atoms with Crippen molar-refractivity contribution in [1.29, 1.82) is 0 Å². The number of benzene rings is 1. The molecule has 1 fully saturated rings. The van der Waals surface area contributed by atoms with Crippen LogP contribution < -0.4 is 0 Å². The molecule has 1 saturated heterocycles. The Balaban J connectivity index is 1.45. The molecule has 0 aliphatic carbocycles. The van der Waals surface area contributed by atoms with Crippen LogP contribution in [0.2, 0.25) is 0 Å². The third-order valence-corrected chi connectivity index (χ3v) is 5.77. The van der Waals surface area contributed by atoms with Gasteiger partial charge in [-0.05, 0) is 18.8 Å². The molecule has 146 valence electrons. The second kappa shape index (κ2) is 8.22. The summed E-state index contributed by atoms with van der Waals surface area (Å²) in [7, 11) is 0. The summed E-state index contributed by atoms with van der Waals surface area (Å²) in [5, 5.41) is 6.81. The van der Waals surface area contributed by atoms with Gasteiger partial charge in [0.15, 0.2) is 5.82 Å². The number of rotatable bonds is 5. The smallest absolute Gasteiger partial charge is 0.273 e. The van der Waals surface area contributed by atoms with E-state index < -0.39 is 0 Å². The highest BCUT2D eigenvalue weighted by molar-refractivity contribution is 7.13. The summed E-state index contributed by atoms with van der Waals surface area (Å²) in [4.78, 5) is 24.0. The molecule has 0 saturated carbocycles. The third-order valence-electron chi connectivity index (χ3n) is 4.88. The van der Waals surface area contributed by atoms with Gasteiger partial charge in [0.1, 0.15) is 10.7 Å². The Morgan fingerprint density at radius 1 is 1.29 bits per heavy atom. The van der Waals surface area contributed by atoms with E-state index in [1.165, 1.54) is 11.3 Å². The van der Waals surface area contributed by atoms with Crippen LogP contribution in [-0.4, -0.2) is 39.0 Å². The van der Waals surface area contributed by atoms with Crippen molar-refractivity contribution in [2.24, 2.45) is 5.92 Å². The molecule has 0 spiro atoms. The van der Waals surface area contributed by atoms with Gasteiger partial charge in [0.05, 0.1) is 5.92 Å². The average molecular weight is 397 g/mol. The predicted octanol–water partition coefficient (Wildman–Crippen LogP) is 4.41. The van der Waals surface area contributed by atoms with Gasteiger partial charge in [-0.1, -0.05) is 49.3 Å². The van der Waals surface area contributed by atoms with Gasteiger partial charge in [-0.15, -0.1) is 11.3 Å². The SMILES string of the molecule is CC(C)Cc1noc(C2CCCN(C(=O)c3csc(-c4ccccc4)n3)C2)n1. The summed E-state index contributed by atoms with van der Waals surface area (Å²) in [5.74, 6) is 1.96. The molecule has 1 aromatic carbocycles. The van der Waals surface area contributed by atoms with E-state index in [1.807, 2.05) is 40.6 Å². The maximum atomic E-state index is 13.0. The molecule has 3 aromatic rings. The van der Waals surface area contributed by atoms with E-state index in [2.05, 4.69) is 29.0 Å². The predicted molar refractivity (Wildman–Crippen MR) is 108 cm³/mol. The lowest BCUT2D eigenvalue weighted by molar-refractivity contribution is 0.0690. The van der Waals surface area contributed by atoms with Crippen molar-refractivity contribution < 1.29 is 9.32 Å². The molecular weight excluding hydrogens is 372 g/mol. The number of aromatic nitrogens is 3. The van der Waals surface area contributed by atoms with Crippen molar-refractivity contribution in [1.82, 2.24) is 20.0 Å². The number of hydrogen-bond acceptors (Lipinski definition) is 6. The van der Waals surface area contributed by atoms with Gasteiger partial charge in [0, 0.05) is 30.5 Å². The van der Waals surface area contributed by atoms with Crippen LogP contribution in [0.1, 0.15) is 54.8 Å². The fourth-order valence-corrected chi connectivity index (χ4v) is 4.29. The van der Waals surface area contributed by atoms with Gasteiger partial charge in [-0.25, -0.2) is 4.98 Å². The molecule has 0 radical (unpaired) electrons. The van der Waals surface area contributed by atoms with Crippen LogP contribution in [0.5, 0.6) is 0 Å². The molecule has 4 rings (SSSR count). The topological polar surface area (TPSA) is 72.1 Å². The molecule has 2 aromatic heterocycles. The summed E-state index contributed by atoms with van der Waals surface area (Å²) in [6.07, 6.45) is 2.69. The van der Waals surface area contributed by atoms with Gasteiger partial charge in [0.2, 0.25) is 5.89 Å². The molecule has 1 aliphatic heterocycles. The van der Waals surface area contributed by atoms with Gasteiger partial charge in [0.25, 0.3) is 5.91 Å². The molecule has 1 amide bonds. The number of carbonyl (C=O) groups excluding carboxylic acids is 1. The first-order chi connectivity index (χ1) is 13.6. The van der Waals surface area contributed by atoms with Gasteiger partial charge in [-0.2, -0.15) is 4.98 Å². The number of nitrogens with zero attached hydrogens (tertiary/aromatic N) is 4. The van der Waals surface area contributed by atoms with Crippen molar-refractivity contribution in [3.8, 4) is 10.6 Å². The zero-order valence-corrected chi connectivity index (χ0v) is 17.0. The maximum absolute atomic E-state index is 13.0. The zero-order chi connectivity index (χ0) is 19.5. The normalized spacial score (nSPS) is 17.2. The Morgan fingerprint density at radius 2 is 2.11 bits per heavy atom. The molecule has 6 nitrogen and oxygen atoms in total. The lowest BCUT2D eigenvalue weighted by Gasteiger charge is -2.30. The molecule has 1 atom stereocenters. The molecule has 0 bridgehead atoms. The number of likely N-dealkylation sites (tertiary alicyclic amines) is 1. The summed E-state index contributed by atoms with van der Waals surface area (Å²) >= 11 is 1.50. The van der Waals surface area contributed by atoms with Gasteiger partial charge >= 0.3 is 0 Å².